The fraction of sp³-hybridized carbons (Fsp3) is 0.300. The molecule has 3 nitrogen and oxygen atoms in total. The molecule has 3 N–H and O–H groups in total. The van der Waals surface area contributed by atoms with Crippen LogP contribution in [0.25, 0.3) is 0 Å². The first kappa shape index (κ1) is 14.6. The van der Waals surface area contributed by atoms with E-state index in [9.17, 15) is 17.6 Å². The molecule has 0 aromatic heterocycles. The van der Waals surface area contributed by atoms with Gasteiger partial charge in [0.15, 0.2) is 5.84 Å². The van der Waals surface area contributed by atoms with E-state index >= 15 is 0 Å². The second kappa shape index (κ2) is 5.47. The summed E-state index contributed by atoms with van der Waals surface area (Å²) in [5, 5.41) is 11.1. The molecule has 0 unspecified atom stereocenters. The van der Waals surface area contributed by atoms with E-state index in [2.05, 4.69) is 5.16 Å². The molecule has 1 aromatic carbocycles. The third kappa shape index (κ3) is 3.80. The first-order valence-electron chi connectivity index (χ1n) is 4.72. The van der Waals surface area contributed by atoms with Gasteiger partial charge in [0.25, 0.3) is 0 Å². The van der Waals surface area contributed by atoms with Crippen molar-refractivity contribution in [1.29, 1.82) is 0 Å². The summed E-state index contributed by atoms with van der Waals surface area (Å²) in [5.41, 5.74) is 5.35. The Hall–Kier alpha value is -1.44. The summed E-state index contributed by atoms with van der Waals surface area (Å²) < 4.78 is 49.7. The molecule has 0 saturated heterocycles. The summed E-state index contributed by atoms with van der Waals surface area (Å²) in [4.78, 5) is 0.232. The minimum atomic E-state index is -4.32. The zero-order chi connectivity index (χ0) is 13.9. The Kier molecular flexibility index (Phi) is 4.44. The van der Waals surface area contributed by atoms with Crippen LogP contribution in [0.1, 0.15) is 11.1 Å². The van der Waals surface area contributed by atoms with Gasteiger partial charge in [-0.1, -0.05) is 5.16 Å². The average molecular weight is 282 g/mol. The second-order valence-corrected chi connectivity index (χ2v) is 4.50. The Balaban J connectivity index is 3.06. The van der Waals surface area contributed by atoms with Crippen molar-refractivity contribution in [3.8, 4) is 0 Å². The maximum Gasteiger partial charge on any atom is 0.398 e. The van der Waals surface area contributed by atoms with Crippen LogP contribution in [0.15, 0.2) is 22.2 Å². The predicted octanol–water partition coefficient (Wildman–Crippen LogP) is 2.88. The summed E-state index contributed by atoms with van der Waals surface area (Å²) in [6.07, 6.45) is -4.32. The molecule has 0 fully saturated rings. The number of rotatable bonds is 3. The Morgan fingerprint density at radius 2 is 2.06 bits per heavy atom. The molecule has 18 heavy (non-hydrogen) atoms. The molecular weight excluding hydrogens is 272 g/mol. The molecule has 0 atom stereocenters. The van der Waals surface area contributed by atoms with E-state index in [1.54, 1.807) is 0 Å². The number of alkyl halides is 3. The highest BCUT2D eigenvalue weighted by atomic mass is 32.2. The number of thioether (sulfide) groups is 1. The number of oxime groups is 1. The lowest BCUT2D eigenvalue weighted by Gasteiger charge is -2.10. The molecule has 100 valence electrons. The molecule has 0 amide bonds. The predicted molar refractivity (Wildman–Crippen MR) is 60.4 cm³/mol. The maximum absolute atomic E-state index is 13.4. The lowest BCUT2D eigenvalue weighted by atomic mass is 10.1. The number of benzene rings is 1. The summed E-state index contributed by atoms with van der Waals surface area (Å²) >= 11 is 0.521. The highest BCUT2D eigenvalue weighted by Gasteiger charge is 2.27. The van der Waals surface area contributed by atoms with Crippen LogP contribution in [0.2, 0.25) is 0 Å². The number of nitrogens with two attached hydrogens (primary N) is 1. The summed E-state index contributed by atoms with van der Waals surface area (Å²) in [7, 11) is 0. The minimum Gasteiger partial charge on any atom is -0.409 e. The van der Waals surface area contributed by atoms with Crippen molar-refractivity contribution in [2.75, 3.05) is 5.75 Å². The van der Waals surface area contributed by atoms with Crippen LogP contribution in [-0.4, -0.2) is 23.0 Å². The largest absolute Gasteiger partial charge is 0.409 e. The molecule has 0 aliphatic rings. The van der Waals surface area contributed by atoms with Crippen LogP contribution in [0.4, 0.5) is 17.6 Å². The van der Waals surface area contributed by atoms with Gasteiger partial charge >= 0.3 is 6.18 Å². The van der Waals surface area contributed by atoms with Gasteiger partial charge in [0.2, 0.25) is 0 Å². The monoisotopic (exact) mass is 282 g/mol. The second-order valence-electron chi connectivity index (χ2n) is 3.49. The molecule has 0 saturated carbocycles. The van der Waals surface area contributed by atoms with E-state index in [1.165, 1.54) is 6.92 Å². The standard InChI is InChI=1S/C10H10F4N2OS/c1-5-2-7(11)6(9(15)16-17)3-8(5)18-4-10(12,13)14/h2-3,17H,4H2,1H3,(H2,15,16). The van der Waals surface area contributed by atoms with Crippen molar-refractivity contribution in [2.24, 2.45) is 10.9 Å². The van der Waals surface area contributed by atoms with Crippen LogP contribution < -0.4 is 5.73 Å². The van der Waals surface area contributed by atoms with E-state index in [0.29, 0.717) is 17.3 Å². The molecule has 0 spiro atoms. The van der Waals surface area contributed by atoms with Gasteiger partial charge in [-0.2, -0.15) is 13.2 Å². The summed E-state index contributed by atoms with van der Waals surface area (Å²) in [6.45, 7) is 1.48. The van der Waals surface area contributed by atoms with Crippen molar-refractivity contribution in [2.45, 2.75) is 18.0 Å². The van der Waals surface area contributed by atoms with E-state index in [1.807, 2.05) is 0 Å². The van der Waals surface area contributed by atoms with Crippen LogP contribution in [-0.2, 0) is 0 Å². The first-order chi connectivity index (χ1) is 8.24. The number of amidine groups is 1. The molecular formula is C10H10F4N2OS. The number of hydrogen-bond donors (Lipinski definition) is 2. The van der Waals surface area contributed by atoms with Gasteiger partial charge < -0.3 is 10.9 Å². The normalized spacial score (nSPS) is 12.8. The van der Waals surface area contributed by atoms with E-state index in [4.69, 9.17) is 10.9 Å². The third-order valence-corrected chi connectivity index (χ3v) is 3.26. The molecule has 0 heterocycles. The van der Waals surface area contributed by atoms with Gasteiger partial charge in [-0.15, -0.1) is 11.8 Å². The zero-order valence-electron chi connectivity index (χ0n) is 9.25. The smallest absolute Gasteiger partial charge is 0.398 e. The topological polar surface area (TPSA) is 58.6 Å². The SMILES string of the molecule is Cc1cc(F)c(/C(N)=N/O)cc1SCC(F)(F)F. The molecule has 0 bridgehead atoms. The van der Waals surface area contributed by atoms with Crippen molar-refractivity contribution < 1.29 is 22.8 Å². The van der Waals surface area contributed by atoms with Gasteiger partial charge in [0, 0.05) is 4.90 Å². The Morgan fingerprint density at radius 1 is 1.44 bits per heavy atom. The molecule has 0 radical (unpaired) electrons. The van der Waals surface area contributed by atoms with Gasteiger partial charge in [-0.25, -0.2) is 4.39 Å². The number of halogens is 4. The third-order valence-electron chi connectivity index (χ3n) is 2.04. The quantitative estimate of drug-likeness (QED) is 0.224. The van der Waals surface area contributed by atoms with Crippen molar-refractivity contribution in [3.05, 3.63) is 29.1 Å². The number of nitrogens with zero attached hydrogens (tertiary/aromatic N) is 1. The molecule has 0 aliphatic heterocycles. The average Bonchev–Trinajstić information content (AvgIpc) is 2.25. The maximum atomic E-state index is 13.4. The van der Waals surface area contributed by atoms with Crippen molar-refractivity contribution in [3.63, 3.8) is 0 Å². The molecule has 8 heteroatoms. The summed E-state index contributed by atoms with van der Waals surface area (Å²) in [5.74, 6) is -2.32. The van der Waals surface area contributed by atoms with Crippen LogP contribution in [0, 0.1) is 12.7 Å². The van der Waals surface area contributed by atoms with Gasteiger partial charge in [-0.05, 0) is 24.6 Å². The van der Waals surface area contributed by atoms with Crippen LogP contribution >= 0.6 is 11.8 Å². The van der Waals surface area contributed by atoms with Crippen molar-refractivity contribution >= 4 is 17.6 Å². The fourth-order valence-corrected chi connectivity index (χ4v) is 2.03. The van der Waals surface area contributed by atoms with Gasteiger partial charge in [-0.3, -0.25) is 0 Å². The zero-order valence-corrected chi connectivity index (χ0v) is 10.1. The summed E-state index contributed by atoms with van der Waals surface area (Å²) in [6, 6.07) is 2.18. The first-order valence-corrected chi connectivity index (χ1v) is 5.70. The van der Waals surface area contributed by atoms with Crippen LogP contribution in [0.5, 0.6) is 0 Å². The number of aryl methyl sites for hydroxylation is 1. The van der Waals surface area contributed by atoms with Crippen LogP contribution in [0.3, 0.4) is 0 Å². The Labute approximate surface area is 105 Å². The molecule has 1 rings (SSSR count). The van der Waals surface area contributed by atoms with E-state index in [-0.39, 0.29) is 10.5 Å². The van der Waals surface area contributed by atoms with Gasteiger partial charge in [0.1, 0.15) is 5.82 Å². The fourth-order valence-electron chi connectivity index (χ4n) is 1.22. The molecule has 1 aromatic rings. The Bertz CT molecular complexity index is 474. The Morgan fingerprint density at radius 3 is 2.56 bits per heavy atom. The van der Waals surface area contributed by atoms with E-state index in [0.717, 1.165) is 12.1 Å². The number of hydrogen-bond acceptors (Lipinski definition) is 3. The lowest BCUT2D eigenvalue weighted by molar-refractivity contribution is -0.105. The lowest BCUT2D eigenvalue weighted by Crippen LogP contribution is -2.16. The minimum absolute atomic E-state index is 0.229. The van der Waals surface area contributed by atoms with E-state index < -0.39 is 23.6 Å². The molecule has 0 aliphatic carbocycles. The van der Waals surface area contributed by atoms with Gasteiger partial charge in [0.05, 0.1) is 11.3 Å². The highest BCUT2D eigenvalue weighted by molar-refractivity contribution is 7.99. The van der Waals surface area contributed by atoms with Crippen molar-refractivity contribution in [1.82, 2.24) is 0 Å². The highest BCUT2D eigenvalue weighted by Crippen LogP contribution is 2.30.